The van der Waals surface area contributed by atoms with Gasteiger partial charge in [-0.05, 0) is 72.1 Å². The van der Waals surface area contributed by atoms with E-state index in [-0.39, 0.29) is 54.3 Å². The van der Waals surface area contributed by atoms with Gasteiger partial charge in [0.05, 0.1) is 13.7 Å². The SMILES string of the molecule is [2H]C([2H])([2H])c1ccc2c(n1)oc1c(-c3cc(C([2H])([2H])C(C)(C)C)c(C([2H])([2H])[2H])cn3)[c-]ccc12.[2H]C([2H])(c1cc(-c2[c-]cccc2)ncc1[Si](C)(C)C)C1CCCCC1.[Ir]. The van der Waals surface area contributed by atoms with Crippen LogP contribution >= 0.6 is 0 Å². The standard InChI is InChI=1S/C23H23N2O.C21H28NSi.Ir/c1-14-13-24-20(11-16(14)12-23(3,4)5)19-8-6-7-17-18-10-9-15(2)25-22(18)26-21(17)19;1-23(2,3)21-16-22-20(18-12-8-5-9-13-18)15-19(21)14-17-10-6-4-7-11-17;/h6-7,9-11,13H,12H2,1-5H3;5,8-9,12,15-17H,4,6-7,10-11,14H2,1-3H3;/q2*-1;/i1D3,2D3,12D2;14D2;. The topological polar surface area (TPSA) is 51.8 Å². The van der Waals surface area contributed by atoms with E-state index in [9.17, 15) is 0 Å². The van der Waals surface area contributed by atoms with E-state index in [1.165, 1.54) is 24.8 Å². The summed E-state index contributed by atoms with van der Waals surface area (Å²) in [7, 11) is -1.69. The number of hydrogen-bond donors (Lipinski definition) is 0. The molecule has 0 saturated heterocycles. The van der Waals surface area contributed by atoms with E-state index in [1.54, 1.807) is 39.0 Å². The van der Waals surface area contributed by atoms with Crippen molar-refractivity contribution in [3.8, 4) is 22.5 Å². The summed E-state index contributed by atoms with van der Waals surface area (Å²) in [5, 5.41) is 2.43. The molecule has 1 aliphatic carbocycles. The molecule has 6 heteroatoms. The Morgan fingerprint density at radius 2 is 1.66 bits per heavy atom. The summed E-state index contributed by atoms with van der Waals surface area (Å²) in [5.41, 5.74) is 2.71. The van der Waals surface area contributed by atoms with Crippen LogP contribution in [0.2, 0.25) is 19.6 Å². The number of aryl methyl sites for hydroxylation is 2. The Balaban J connectivity index is 0.000000234. The fourth-order valence-corrected chi connectivity index (χ4v) is 7.66. The zero-order valence-electron chi connectivity index (χ0n) is 39.6. The van der Waals surface area contributed by atoms with E-state index in [0.717, 1.165) is 47.7 Å². The molecule has 0 atom stereocenters. The molecule has 1 fully saturated rings. The summed E-state index contributed by atoms with van der Waals surface area (Å²) >= 11 is 0. The molecule has 7 rings (SSSR count). The Morgan fingerprint density at radius 1 is 0.880 bits per heavy atom. The maximum atomic E-state index is 8.99. The van der Waals surface area contributed by atoms with Crippen LogP contribution in [-0.2, 0) is 32.9 Å². The van der Waals surface area contributed by atoms with Gasteiger partial charge in [-0.1, -0.05) is 107 Å². The van der Waals surface area contributed by atoms with Crippen molar-refractivity contribution in [2.75, 3.05) is 0 Å². The molecule has 1 radical (unpaired) electrons. The molecule has 0 spiro atoms. The van der Waals surface area contributed by atoms with Gasteiger partial charge in [0.1, 0.15) is 0 Å². The zero-order valence-corrected chi connectivity index (χ0v) is 33.0. The van der Waals surface area contributed by atoms with E-state index in [2.05, 4.69) is 46.7 Å². The number of pyridine rings is 3. The molecule has 263 valence electrons. The second-order valence-corrected chi connectivity index (χ2v) is 19.9. The van der Waals surface area contributed by atoms with Crippen LogP contribution in [0, 0.1) is 37.2 Å². The molecular weight excluding hydrogens is 807 g/mol. The van der Waals surface area contributed by atoms with Crippen LogP contribution in [0.4, 0.5) is 0 Å². The van der Waals surface area contributed by atoms with Gasteiger partial charge in [-0.3, -0.25) is 0 Å². The average Bonchev–Trinajstić information content (AvgIpc) is 3.55. The number of hydrogen-bond acceptors (Lipinski definition) is 4. The smallest absolute Gasteiger partial charge is 0.216 e. The first kappa shape index (κ1) is 26.3. The zero-order chi connectivity index (χ0) is 43.3. The van der Waals surface area contributed by atoms with Crippen molar-refractivity contribution < 1.29 is 38.2 Å². The van der Waals surface area contributed by atoms with E-state index >= 15 is 0 Å². The molecule has 1 saturated carbocycles. The van der Waals surface area contributed by atoms with Crippen LogP contribution < -0.4 is 5.19 Å². The predicted molar refractivity (Wildman–Crippen MR) is 208 cm³/mol. The summed E-state index contributed by atoms with van der Waals surface area (Å²) in [6, 6.07) is 24.0. The monoisotopic (exact) mass is 868 g/mol. The summed E-state index contributed by atoms with van der Waals surface area (Å²) in [5.74, 6) is 0.117. The Bertz CT molecular complexity index is 2450. The average molecular weight is 868 g/mol. The minimum atomic E-state index is -2.55. The normalized spacial score (nSPS) is 18.0. The molecule has 0 N–H and O–H groups in total. The van der Waals surface area contributed by atoms with Crippen molar-refractivity contribution in [2.24, 2.45) is 11.3 Å². The van der Waals surface area contributed by atoms with Crippen LogP contribution in [0.25, 0.3) is 44.6 Å². The summed E-state index contributed by atoms with van der Waals surface area (Å²) < 4.78 is 87.8. The molecule has 4 aromatic heterocycles. The van der Waals surface area contributed by atoms with Gasteiger partial charge in [0.2, 0.25) is 5.71 Å². The number of aromatic nitrogens is 3. The Kier molecular flexibility index (Phi) is 8.35. The summed E-state index contributed by atoms with van der Waals surface area (Å²) in [6.45, 7) is 7.01. The molecule has 4 nitrogen and oxygen atoms in total. The molecular formula is C44H51IrN3OSi-2. The molecule has 0 bridgehead atoms. The van der Waals surface area contributed by atoms with Gasteiger partial charge in [0.25, 0.3) is 0 Å². The first-order valence-electron chi connectivity index (χ1n) is 22.1. The van der Waals surface area contributed by atoms with E-state index in [0.29, 0.717) is 21.9 Å². The van der Waals surface area contributed by atoms with Gasteiger partial charge in [-0.2, -0.15) is 0 Å². The number of nitrogens with zero attached hydrogens (tertiary/aromatic N) is 3. The largest absolute Gasteiger partial charge is 0.486 e. The van der Waals surface area contributed by atoms with Crippen molar-refractivity contribution in [3.63, 3.8) is 0 Å². The first-order chi connectivity index (χ1) is 27.3. The minimum Gasteiger partial charge on any atom is -0.486 e. The molecule has 2 aromatic carbocycles. The van der Waals surface area contributed by atoms with E-state index in [1.807, 2.05) is 36.5 Å². The van der Waals surface area contributed by atoms with Crippen LogP contribution in [-0.4, -0.2) is 23.0 Å². The van der Waals surface area contributed by atoms with Crippen LogP contribution in [0.15, 0.2) is 77.5 Å². The molecule has 0 amide bonds. The van der Waals surface area contributed by atoms with Gasteiger partial charge in [0.15, 0.2) is 0 Å². The molecule has 4 heterocycles. The van der Waals surface area contributed by atoms with E-state index < -0.39 is 39.9 Å². The third-order valence-electron chi connectivity index (χ3n) is 8.63. The number of rotatable bonds is 6. The Morgan fingerprint density at radius 3 is 2.36 bits per heavy atom. The Hall–Kier alpha value is -3.44. The van der Waals surface area contributed by atoms with Crippen LogP contribution in [0.1, 0.15) is 89.0 Å². The third-order valence-corrected chi connectivity index (χ3v) is 10.6. The van der Waals surface area contributed by atoms with Gasteiger partial charge in [0, 0.05) is 57.3 Å². The quantitative estimate of drug-likeness (QED) is 0.124. The fraction of sp³-hybridized carbons (Fsp3) is 0.386. The molecule has 50 heavy (non-hydrogen) atoms. The van der Waals surface area contributed by atoms with Crippen molar-refractivity contribution in [1.82, 2.24) is 15.0 Å². The number of benzene rings is 2. The number of furan rings is 1. The summed E-state index contributed by atoms with van der Waals surface area (Å²) in [4.78, 5) is 13.1. The molecule has 1 aliphatic rings. The van der Waals surface area contributed by atoms with Crippen molar-refractivity contribution in [3.05, 3.63) is 108 Å². The van der Waals surface area contributed by atoms with Crippen LogP contribution in [0.3, 0.4) is 0 Å². The maximum absolute atomic E-state index is 8.99. The van der Waals surface area contributed by atoms with Gasteiger partial charge in [-0.15, -0.1) is 54.1 Å². The maximum Gasteiger partial charge on any atom is 0.216 e. The van der Waals surface area contributed by atoms with Crippen molar-refractivity contribution in [1.29, 1.82) is 0 Å². The van der Waals surface area contributed by atoms with Crippen LogP contribution in [0.5, 0.6) is 0 Å². The second kappa shape index (κ2) is 15.8. The van der Waals surface area contributed by atoms with E-state index in [4.69, 9.17) is 18.1 Å². The fourth-order valence-electron chi connectivity index (χ4n) is 6.25. The first-order valence-corrected chi connectivity index (χ1v) is 20.6. The molecule has 0 aliphatic heterocycles. The summed E-state index contributed by atoms with van der Waals surface area (Å²) in [6.07, 6.45) is 5.39. The number of fused-ring (bicyclic) bond motifs is 3. The van der Waals surface area contributed by atoms with Crippen molar-refractivity contribution >= 4 is 35.3 Å². The second-order valence-electron chi connectivity index (χ2n) is 14.9. The van der Waals surface area contributed by atoms with Gasteiger partial charge in [-0.25, -0.2) is 4.98 Å². The molecule has 6 aromatic rings. The van der Waals surface area contributed by atoms with Crippen molar-refractivity contribution in [2.45, 2.75) is 99.0 Å². The Labute approximate surface area is 328 Å². The molecule has 0 unspecified atom stereocenters. The third kappa shape index (κ3) is 9.07. The minimum absolute atomic E-state index is 0. The van der Waals surface area contributed by atoms with Gasteiger partial charge >= 0.3 is 0 Å². The van der Waals surface area contributed by atoms with Gasteiger partial charge < -0.3 is 14.4 Å². The predicted octanol–water partition coefficient (Wildman–Crippen LogP) is 11.3.